The number of rotatable bonds is 5. The molecule has 0 radical (unpaired) electrons. The maximum atomic E-state index is 11.5. The molecular weight excluding hydrogens is 372 g/mol. The largest absolute Gasteiger partial charge is 0.325 e. The Morgan fingerprint density at radius 3 is 2.36 bits per heavy atom. The minimum Gasteiger partial charge on any atom is -0.325 e. The number of carbonyl (C=O) groups excluding carboxylic acids is 2. The van der Waals surface area contributed by atoms with Gasteiger partial charge in [0, 0.05) is 23.9 Å². The van der Waals surface area contributed by atoms with Crippen LogP contribution in [0.4, 0.5) is 11.6 Å². The van der Waals surface area contributed by atoms with Crippen molar-refractivity contribution in [1.29, 1.82) is 0 Å². The Balaban J connectivity index is 0.000000640. The molecule has 0 bridgehead atoms. The highest BCUT2D eigenvalue weighted by Crippen LogP contribution is 2.29. The average molecular weight is 397 g/mol. The fourth-order valence-corrected chi connectivity index (χ4v) is 3.05. The van der Waals surface area contributed by atoms with Gasteiger partial charge in [-0.25, -0.2) is 15.0 Å². The summed E-state index contributed by atoms with van der Waals surface area (Å²) in [5.74, 6) is 1.86. The summed E-state index contributed by atoms with van der Waals surface area (Å²) >= 11 is 1.65. The van der Waals surface area contributed by atoms with Gasteiger partial charge in [0.1, 0.15) is 17.4 Å². The van der Waals surface area contributed by atoms with Crippen molar-refractivity contribution in [3.63, 3.8) is 0 Å². The van der Waals surface area contributed by atoms with E-state index in [1.807, 2.05) is 24.4 Å². The monoisotopic (exact) mass is 396 g/mol. The number of anilines is 2. The van der Waals surface area contributed by atoms with E-state index in [2.05, 4.69) is 34.1 Å². The smallest absolute Gasteiger partial charge is 0.159 e. The van der Waals surface area contributed by atoms with Crippen molar-refractivity contribution < 1.29 is 9.59 Å². The van der Waals surface area contributed by atoms with E-state index in [9.17, 15) is 9.59 Å². The molecule has 0 aliphatic carbocycles. The average Bonchev–Trinajstić information content (AvgIpc) is 3.12. The Morgan fingerprint density at radius 2 is 1.75 bits per heavy atom. The summed E-state index contributed by atoms with van der Waals surface area (Å²) in [7, 11) is 0. The van der Waals surface area contributed by atoms with Crippen LogP contribution in [0.3, 0.4) is 0 Å². The molecule has 146 valence electrons. The van der Waals surface area contributed by atoms with E-state index in [-0.39, 0.29) is 11.6 Å². The summed E-state index contributed by atoms with van der Waals surface area (Å²) in [4.78, 5) is 35.2. The predicted octanol–water partition coefficient (Wildman–Crippen LogP) is 5.27. The zero-order valence-electron chi connectivity index (χ0n) is 16.7. The second-order valence-electron chi connectivity index (χ2n) is 6.64. The topological polar surface area (TPSA) is 84.8 Å². The molecule has 3 aromatic rings. The van der Waals surface area contributed by atoms with E-state index in [0.717, 1.165) is 15.6 Å². The van der Waals surface area contributed by atoms with Gasteiger partial charge in [0.2, 0.25) is 0 Å². The van der Waals surface area contributed by atoms with Gasteiger partial charge in [-0.1, -0.05) is 19.9 Å². The lowest BCUT2D eigenvalue weighted by molar-refractivity contribution is -0.115. The number of nitrogens with one attached hydrogen (secondary N) is 1. The van der Waals surface area contributed by atoms with E-state index in [1.165, 1.54) is 20.8 Å². The Morgan fingerprint density at radius 1 is 1.04 bits per heavy atom. The molecule has 3 heterocycles. The highest BCUT2D eigenvalue weighted by molar-refractivity contribution is 7.15. The van der Waals surface area contributed by atoms with Gasteiger partial charge in [-0.05, 0) is 45.0 Å². The number of aromatic nitrogens is 3. The quantitative estimate of drug-likeness (QED) is 0.592. The molecule has 0 fully saturated rings. The summed E-state index contributed by atoms with van der Waals surface area (Å²) in [6, 6.07) is 9.19. The molecule has 0 aliphatic rings. The van der Waals surface area contributed by atoms with Gasteiger partial charge in [0.15, 0.2) is 5.78 Å². The predicted molar refractivity (Wildman–Crippen MR) is 113 cm³/mol. The molecule has 3 aromatic heterocycles. The second-order valence-corrected chi connectivity index (χ2v) is 7.71. The Labute approximate surface area is 169 Å². The number of carbonyl (C=O) groups is 2. The number of hydrogen-bond donors (Lipinski definition) is 1. The molecule has 28 heavy (non-hydrogen) atoms. The molecule has 1 N–H and O–H groups in total. The fourth-order valence-electron chi connectivity index (χ4n) is 2.16. The summed E-state index contributed by atoms with van der Waals surface area (Å²) in [6.07, 6.45) is 3.47. The van der Waals surface area contributed by atoms with Crippen molar-refractivity contribution >= 4 is 34.5 Å². The molecule has 0 spiro atoms. The van der Waals surface area contributed by atoms with E-state index >= 15 is 0 Å². The fraction of sp³-hybridized carbons (Fsp3) is 0.286. The summed E-state index contributed by atoms with van der Waals surface area (Å²) in [5, 5.41) is 4.25. The number of thiazole rings is 1. The van der Waals surface area contributed by atoms with Gasteiger partial charge in [-0.15, -0.1) is 11.3 Å². The third-order valence-corrected chi connectivity index (χ3v) is 4.76. The van der Waals surface area contributed by atoms with Crippen LogP contribution in [0.5, 0.6) is 0 Å². The van der Waals surface area contributed by atoms with Crippen molar-refractivity contribution in [1.82, 2.24) is 15.0 Å². The highest BCUT2D eigenvalue weighted by Gasteiger charge is 2.09. The lowest BCUT2D eigenvalue weighted by atomic mass is 10.2. The van der Waals surface area contributed by atoms with Gasteiger partial charge in [0.25, 0.3) is 0 Å². The van der Waals surface area contributed by atoms with Gasteiger partial charge in [0.05, 0.1) is 15.6 Å². The highest BCUT2D eigenvalue weighted by atomic mass is 32.1. The first-order chi connectivity index (χ1) is 13.3. The molecule has 3 rings (SSSR count). The van der Waals surface area contributed by atoms with Crippen molar-refractivity contribution in [2.75, 3.05) is 5.32 Å². The Hall–Kier alpha value is -2.93. The number of pyridine rings is 2. The molecular formula is C21H24N4O2S. The Bertz CT molecular complexity index is 962. The zero-order valence-corrected chi connectivity index (χ0v) is 17.5. The summed E-state index contributed by atoms with van der Waals surface area (Å²) in [6.45, 7) is 8.84. The standard InChI is InChI=1S/C18H18N4OS.C3H6O/c1-11(2)18-20-10-15(24-18)14-5-4-6-16(21-14)22-17-9-13(12(3)23)7-8-19-17;1-3(2)4/h4-11H,1-3H3,(H,19,21,22);1-2H3. The maximum Gasteiger partial charge on any atom is 0.159 e. The van der Waals surface area contributed by atoms with Gasteiger partial charge < -0.3 is 10.1 Å². The molecule has 6 nitrogen and oxygen atoms in total. The Kier molecular flexibility index (Phi) is 7.52. The maximum absolute atomic E-state index is 11.5. The molecule has 7 heteroatoms. The third-order valence-electron chi connectivity index (χ3n) is 3.44. The lowest BCUT2D eigenvalue weighted by Gasteiger charge is -2.07. The van der Waals surface area contributed by atoms with Crippen LogP contribution in [0, 0.1) is 0 Å². The summed E-state index contributed by atoms with van der Waals surface area (Å²) in [5.41, 5.74) is 1.49. The third kappa shape index (κ3) is 6.35. The molecule has 0 saturated carbocycles. The van der Waals surface area contributed by atoms with Crippen LogP contribution in [0.15, 0.2) is 42.7 Å². The van der Waals surface area contributed by atoms with Gasteiger partial charge >= 0.3 is 0 Å². The van der Waals surface area contributed by atoms with E-state index in [4.69, 9.17) is 0 Å². The van der Waals surface area contributed by atoms with Crippen molar-refractivity contribution in [2.45, 2.75) is 40.5 Å². The van der Waals surface area contributed by atoms with Crippen LogP contribution >= 0.6 is 11.3 Å². The van der Waals surface area contributed by atoms with E-state index in [0.29, 0.717) is 23.1 Å². The number of Topliss-reactive ketones (excluding diaryl/α,β-unsaturated/α-hetero) is 2. The lowest BCUT2D eigenvalue weighted by Crippen LogP contribution is -1.99. The first-order valence-electron chi connectivity index (χ1n) is 8.90. The van der Waals surface area contributed by atoms with Crippen molar-refractivity contribution in [2.24, 2.45) is 0 Å². The van der Waals surface area contributed by atoms with E-state index < -0.39 is 0 Å². The van der Waals surface area contributed by atoms with Crippen molar-refractivity contribution in [3.8, 4) is 10.6 Å². The van der Waals surface area contributed by atoms with Gasteiger partial charge in [-0.2, -0.15) is 0 Å². The number of nitrogens with zero attached hydrogens (tertiary/aromatic N) is 3. The molecule has 0 saturated heterocycles. The van der Waals surface area contributed by atoms with Crippen LogP contribution < -0.4 is 5.32 Å². The normalized spacial score (nSPS) is 10.2. The SMILES string of the molecule is CC(=O)c1ccnc(Nc2cccc(-c3cnc(C(C)C)s3)n2)c1.CC(C)=O. The first kappa shape index (κ1) is 21.4. The molecule has 0 unspecified atom stereocenters. The number of ketones is 2. The molecule has 0 atom stereocenters. The minimum atomic E-state index is 0.00744. The molecule has 0 aliphatic heterocycles. The molecule has 0 amide bonds. The second kappa shape index (κ2) is 9.85. The van der Waals surface area contributed by atoms with Crippen LogP contribution in [-0.4, -0.2) is 26.5 Å². The van der Waals surface area contributed by atoms with E-state index in [1.54, 1.807) is 29.7 Å². The minimum absolute atomic E-state index is 0.00744. The van der Waals surface area contributed by atoms with Crippen LogP contribution in [0.1, 0.15) is 55.9 Å². The molecule has 0 aromatic carbocycles. The van der Waals surface area contributed by atoms with Gasteiger partial charge in [-0.3, -0.25) is 4.79 Å². The van der Waals surface area contributed by atoms with Crippen LogP contribution in [-0.2, 0) is 4.79 Å². The van der Waals surface area contributed by atoms with Crippen LogP contribution in [0.2, 0.25) is 0 Å². The summed E-state index contributed by atoms with van der Waals surface area (Å²) < 4.78 is 0. The van der Waals surface area contributed by atoms with Crippen LogP contribution in [0.25, 0.3) is 10.6 Å². The first-order valence-corrected chi connectivity index (χ1v) is 9.72. The number of hydrogen-bond acceptors (Lipinski definition) is 7. The zero-order chi connectivity index (χ0) is 20.7. The van der Waals surface area contributed by atoms with Crippen molar-refractivity contribution in [3.05, 3.63) is 53.3 Å².